The summed E-state index contributed by atoms with van der Waals surface area (Å²) in [5.74, 6) is -0.176. The minimum atomic E-state index is -0.391. The van der Waals surface area contributed by atoms with E-state index in [1.165, 1.54) is 10.7 Å². The van der Waals surface area contributed by atoms with Crippen molar-refractivity contribution in [2.24, 2.45) is 0 Å². The van der Waals surface area contributed by atoms with Crippen LogP contribution in [0.2, 0.25) is 10.0 Å². The minimum Gasteiger partial charge on any atom is -0.369 e. The van der Waals surface area contributed by atoms with Crippen LogP contribution in [0.25, 0.3) is 11.9 Å². The largest absolute Gasteiger partial charge is 0.369 e. The molecule has 3 heterocycles. The fourth-order valence-electron chi connectivity index (χ4n) is 3.57. The fraction of sp³-hybridized carbons (Fsp3) is 0.273. The second-order valence-electron chi connectivity index (χ2n) is 7.22. The van der Waals surface area contributed by atoms with E-state index in [1.807, 2.05) is 25.1 Å². The van der Waals surface area contributed by atoms with Gasteiger partial charge in [0.15, 0.2) is 11.6 Å². The maximum Gasteiger partial charge on any atom is 0.189 e. The van der Waals surface area contributed by atoms with Crippen molar-refractivity contribution >= 4 is 47.4 Å². The van der Waals surface area contributed by atoms with E-state index in [0.29, 0.717) is 10.0 Å². The molecule has 0 radical (unpaired) electrons. The molecular weight excluding hydrogens is 460 g/mol. The normalized spacial score (nSPS) is 14.8. The molecule has 0 aliphatic carbocycles. The SMILES string of the molecule is Cc1c(/C=C/CN2CCN(c3cc(Cl)cc(Cl)c3)CC2)cnn1-c1ncccc1F.Cl. The molecule has 2 aromatic heterocycles. The third-order valence-electron chi connectivity index (χ3n) is 5.23. The van der Waals surface area contributed by atoms with Crippen molar-refractivity contribution in [3.8, 4) is 5.82 Å². The number of pyridine rings is 1. The minimum absolute atomic E-state index is 0. The number of hydrogen-bond donors (Lipinski definition) is 0. The second-order valence-corrected chi connectivity index (χ2v) is 8.10. The summed E-state index contributed by atoms with van der Waals surface area (Å²) in [6.07, 6.45) is 7.45. The molecule has 31 heavy (non-hydrogen) atoms. The lowest BCUT2D eigenvalue weighted by Gasteiger charge is -2.35. The molecule has 0 N–H and O–H groups in total. The lowest BCUT2D eigenvalue weighted by atomic mass is 10.2. The molecule has 1 aliphatic rings. The molecule has 1 saturated heterocycles. The molecule has 9 heteroatoms. The Morgan fingerprint density at radius 1 is 1.10 bits per heavy atom. The second kappa shape index (κ2) is 10.5. The first-order chi connectivity index (χ1) is 14.5. The van der Waals surface area contributed by atoms with Crippen LogP contribution in [-0.4, -0.2) is 52.4 Å². The highest BCUT2D eigenvalue weighted by Gasteiger charge is 2.17. The van der Waals surface area contributed by atoms with Gasteiger partial charge in [0.2, 0.25) is 0 Å². The summed E-state index contributed by atoms with van der Waals surface area (Å²) in [6, 6.07) is 8.61. The van der Waals surface area contributed by atoms with Crippen molar-refractivity contribution in [1.29, 1.82) is 0 Å². The van der Waals surface area contributed by atoms with Gasteiger partial charge >= 0.3 is 0 Å². The lowest BCUT2D eigenvalue weighted by molar-refractivity contribution is 0.284. The summed E-state index contributed by atoms with van der Waals surface area (Å²) in [6.45, 7) is 6.49. The number of benzene rings is 1. The van der Waals surface area contributed by atoms with Gasteiger partial charge in [-0.2, -0.15) is 5.10 Å². The molecule has 0 amide bonds. The van der Waals surface area contributed by atoms with Crippen molar-refractivity contribution in [2.45, 2.75) is 6.92 Å². The molecule has 1 aromatic carbocycles. The van der Waals surface area contributed by atoms with Gasteiger partial charge in [-0.3, -0.25) is 4.90 Å². The van der Waals surface area contributed by atoms with E-state index in [4.69, 9.17) is 23.2 Å². The standard InChI is InChI=1S/C22H22Cl2FN5.ClH/c1-16-17(15-27-30(16)22-21(25)5-2-6-26-22)4-3-7-28-8-10-29(11-9-28)20-13-18(23)12-19(24)14-20;/h2-6,12-15H,7-11H2,1H3;1H/b4-3+;. The Balaban J connectivity index is 0.00000272. The zero-order chi connectivity index (χ0) is 21.1. The Morgan fingerprint density at radius 3 is 2.48 bits per heavy atom. The molecular formula is C22H23Cl3FN5. The van der Waals surface area contributed by atoms with Gasteiger partial charge in [0.1, 0.15) is 0 Å². The van der Waals surface area contributed by atoms with Gasteiger partial charge in [0.05, 0.1) is 11.9 Å². The van der Waals surface area contributed by atoms with Gasteiger partial charge in [0, 0.05) is 60.2 Å². The van der Waals surface area contributed by atoms with Crippen molar-refractivity contribution in [1.82, 2.24) is 19.7 Å². The van der Waals surface area contributed by atoms with Gasteiger partial charge in [-0.25, -0.2) is 14.1 Å². The maximum atomic E-state index is 14.0. The predicted molar refractivity (Wildman–Crippen MR) is 127 cm³/mol. The average Bonchev–Trinajstić information content (AvgIpc) is 3.08. The lowest BCUT2D eigenvalue weighted by Crippen LogP contribution is -2.46. The van der Waals surface area contributed by atoms with Crippen LogP contribution in [0.4, 0.5) is 10.1 Å². The summed E-state index contributed by atoms with van der Waals surface area (Å²) in [4.78, 5) is 8.78. The van der Waals surface area contributed by atoms with Crippen molar-refractivity contribution in [2.75, 3.05) is 37.6 Å². The molecule has 0 atom stereocenters. The Labute approximate surface area is 197 Å². The molecule has 1 aliphatic heterocycles. The number of hydrogen-bond acceptors (Lipinski definition) is 4. The van der Waals surface area contributed by atoms with E-state index < -0.39 is 5.82 Å². The van der Waals surface area contributed by atoms with E-state index in [2.05, 4.69) is 26.0 Å². The monoisotopic (exact) mass is 481 g/mol. The van der Waals surface area contributed by atoms with E-state index in [1.54, 1.807) is 24.5 Å². The third-order valence-corrected chi connectivity index (χ3v) is 5.67. The zero-order valence-electron chi connectivity index (χ0n) is 17.0. The van der Waals surface area contributed by atoms with Crippen LogP contribution < -0.4 is 4.90 Å². The van der Waals surface area contributed by atoms with E-state index in [9.17, 15) is 4.39 Å². The Hall–Kier alpha value is -2.12. The Morgan fingerprint density at radius 2 is 1.81 bits per heavy atom. The zero-order valence-corrected chi connectivity index (χ0v) is 19.3. The van der Waals surface area contributed by atoms with Crippen LogP contribution in [-0.2, 0) is 0 Å². The van der Waals surface area contributed by atoms with Crippen molar-refractivity contribution in [3.05, 3.63) is 75.9 Å². The summed E-state index contributed by atoms with van der Waals surface area (Å²) in [7, 11) is 0. The molecule has 0 spiro atoms. The van der Waals surface area contributed by atoms with E-state index in [-0.39, 0.29) is 18.2 Å². The number of halogens is 4. The Bertz CT molecular complexity index is 1040. The summed E-state index contributed by atoms with van der Waals surface area (Å²) in [5.41, 5.74) is 2.87. The van der Waals surface area contributed by atoms with Crippen LogP contribution >= 0.6 is 35.6 Å². The third kappa shape index (κ3) is 5.57. The molecule has 164 valence electrons. The van der Waals surface area contributed by atoms with Gasteiger partial charge < -0.3 is 4.90 Å². The van der Waals surface area contributed by atoms with Crippen LogP contribution in [0.3, 0.4) is 0 Å². The first-order valence-electron chi connectivity index (χ1n) is 9.77. The predicted octanol–water partition coefficient (Wildman–Crippen LogP) is 5.28. The van der Waals surface area contributed by atoms with Crippen molar-refractivity contribution < 1.29 is 4.39 Å². The highest BCUT2D eigenvalue weighted by atomic mass is 35.5. The summed E-state index contributed by atoms with van der Waals surface area (Å²) in [5, 5.41) is 5.60. The Kier molecular flexibility index (Phi) is 7.94. The quantitative estimate of drug-likeness (QED) is 0.496. The average molecular weight is 483 g/mol. The highest BCUT2D eigenvalue weighted by molar-refractivity contribution is 6.35. The number of aromatic nitrogens is 3. The van der Waals surface area contributed by atoms with Crippen molar-refractivity contribution in [3.63, 3.8) is 0 Å². The van der Waals surface area contributed by atoms with Gasteiger partial charge in [0.25, 0.3) is 0 Å². The van der Waals surface area contributed by atoms with Crippen LogP contribution in [0, 0.1) is 12.7 Å². The van der Waals surface area contributed by atoms with Crippen LogP contribution in [0.5, 0.6) is 0 Å². The first-order valence-corrected chi connectivity index (χ1v) is 10.5. The molecule has 0 bridgehead atoms. The van der Waals surface area contributed by atoms with Crippen LogP contribution in [0.15, 0.2) is 48.8 Å². The topological polar surface area (TPSA) is 37.2 Å². The summed E-state index contributed by atoms with van der Waals surface area (Å²) >= 11 is 12.2. The van der Waals surface area contributed by atoms with E-state index in [0.717, 1.165) is 49.7 Å². The molecule has 1 fully saturated rings. The summed E-state index contributed by atoms with van der Waals surface area (Å²) < 4.78 is 15.5. The number of anilines is 1. The van der Waals surface area contributed by atoms with E-state index >= 15 is 0 Å². The number of nitrogens with zero attached hydrogens (tertiary/aromatic N) is 5. The highest BCUT2D eigenvalue weighted by Crippen LogP contribution is 2.26. The maximum absolute atomic E-state index is 14.0. The smallest absolute Gasteiger partial charge is 0.189 e. The van der Waals surface area contributed by atoms with Crippen LogP contribution in [0.1, 0.15) is 11.3 Å². The first kappa shape index (κ1) is 23.5. The molecule has 5 nitrogen and oxygen atoms in total. The number of piperazine rings is 1. The molecule has 3 aromatic rings. The van der Waals surface area contributed by atoms with Gasteiger partial charge in [-0.1, -0.05) is 35.4 Å². The molecule has 0 saturated carbocycles. The molecule has 0 unspecified atom stereocenters. The fourth-order valence-corrected chi connectivity index (χ4v) is 4.09. The molecule has 4 rings (SSSR count). The van der Waals surface area contributed by atoms with Gasteiger partial charge in [-0.05, 0) is 37.3 Å². The van der Waals surface area contributed by atoms with Gasteiger partial charge in [-0.15, -0.1) is 12.4 Å². The number of rotatable bonds is 5.